The molecule has 0 spiro atoms. The first kappa shape index (κ1) is 9.47. The Hall–Kier alpha value is -0.620. The van der Waals surface area contributed by atoms with E-state index in [0.29, 0.717) is 12.8 Å². The standard InChI is InChI=1S/C6H12N2O3S/c7-8-5(9)6(12(10)11)3-1-2-4-6/h12H,1-4,7H2,(H,8,9). The van der Waals surface area contributed by atoms with Crippen molar-refractivity contribution in [2.75, 3.05) is 0 Å². The van der Waals surface area contributed by atoms with Crippen molar-refractivity contribution in [1.29, 1.82) is 0 Å². The summed E-state index contributed by atoms with van der Waals surface area (Å²) in [6.07, 6.45) is 2.34. The fourth-order valence-corrected chi connectivity index (χ4v) is 2.50. The summed E-state index contributed by atoms with van der Waals surface area (Å²) >= 11 is 0. The van der Waals surface area contributed by atoms with Gasteiger partial charge in [-0.25, -0.2) is 14.3 Å². The number of rotatable bonds is 2. The predicted molar refractivity (Wildman–Crippen MR) is 43.8 cm³/mol. The molecule has 0 bridgehead atoms. The minimum Gasteiger partial charge on any atom is -0.293 e. The molecule has 6 heteroatoms. The Balaban J connectivity index is 2.94. The van der Waals surface area contributed by atoms with Gasteiger partial charge in [0.2, 0.25) is 0 Å². The van der Waals surface area contributed by atoms with Crippen molar-refractivity contribution in [3.05, 3.63) is 0 Å². The second kappa shape index (κ2) is 3.40. The van der Waals surface area contributed by atoms with Gasteiger partial charge in [-0.1, -0.05) is 12.8 Å². The molecule has 0 aliphatic heterocycles. The number of hydrazine groups is 1. The summed E-state index contributed by atoms with van der Waals surface area (Å²) in [6, 6.07) is 0. The minimum atomic E-state index is -2.72. The molecule has 0 aromatic rings. The zero-order chi connectivity index (χ0) is 9.19. The molecule has 5 nitrogen and oxygen atoms in total. The highest BCUT2D eigenvalue weighted by Gasteiger charge is 2.44. The van der Waals surface area contributed by atoms with Crippen molar-refractivity contribution in [2.24, 2.45) is 5.84 Å². The van der Waals surface area contributed by atoms with Gasteiger partial charge in [-0.2, -0.15) is 0 Å². The van der Waals surface area contributed by atoms with E-state index in [1.54, 1.807) is 0 Å². The van der Waals surface area contributed by atoms with Crippen LogP contribution in [0.25, 0.3) is 0 Å². The highest BCUT2D eigenvalue weighted by molar-refractivity contribution is 7.75. The van der Waals surface area contributed by atoms with Crippen molar-refractivity contribution < 1.29 is 13.2 Å². The van der Waals surface area contributed by atoms with Crippen LogP contribution in [0.3, 0.4) is 0 Å². The van der Waals surface area contributed by atoms with E-state index in [-0.39, 0.29) is 0 Å². The largest absolute Gasteiger partial charge is 0.293 e. The molecular formula is C6H12N2O3S. The first-order valence-corrected chi connectivity index (χ1v) is 4.97. The summed E-state index contributed by atoms with van der Waals surface area (Å²) in [5.41, 5.74) is 1.91. The van der Waals surface area contributed by atoms with Gasteiger partial charge >= 0.3 is 0 Å². The van der Waals surface area contributed by atoms with Gasteiger partial charge in [-0.15, -0.1) is 0 Å². The molecule has 1 rings (SSSR count). The number of amides is 1. The summed E-state index contributed by atoms with van der Waals surface area (Å²) in [5, 5.41) is 0. The molecule has 1 amide bonds. The molecule has 0 saturated heterocycles. The Morgan fingerprint density at radius 2 is 1.83 bits per heavy atom. The van der Waals surface area contributed by atoms with Gasteiger partial charge in [0.15, 0.2) is 10.7 Å². The highest BCUT2D eigenvalue weighted by atomic mass is 32.2. The summed E-state index contributed by atoms with van der Waals surface area (Å²) < 4.78 is 20.5. The van der Waals surface area contributed by atoms with Crippen molar-refractivity contribution in [2.45, 2.75) is 30.4 Å². The van der Waals surface area contributed by atoms with Crippen molar-refractivity contribution in [1.82, 2.24) is 5.43 Å². The fraction of sp³-hybridized carbons (Fsp3) is 0.833. The van der Waals surface area contributed by atoms with E-state index in [2.05, 4.69) is 0 Å². The van der Waals surface area contributed by atoms with Crippen molar-refractivity contribution >= 4 is 16.6 Å². The highest BCUT2D eigenvalue weighted by Crippen LogP contribution is 2.32. The van der Waals surface area contributed by atoms with Gasteiger partial charge in [0, 0.05) is 0 Å². The van der Waals surface area contributed by atoms with E-state index in [0.717, 1.165) is 12.8 Å². The molecule has 1 fully saturated rings. The lowest BCUT2D eigenvalue weighted by molar-refractivity contribution is -0.123. The molecule has 70 valence electrons. The van der Waals surface area contributed by atoms with Gasteiger partial charge in [-0.05, 0) is 12.8 Å². The number of carbonyl (C=O) groups is 1. The molecule has 0 unspecified atom stereocenters. The van der Waals surface area contributed by atoms with E-state index < -0.39 is 21.4 Å². The first-order chi connectivity index (χ1) is 5.63. The second-order valence-electron chi connectivity index (χ2n) is 2.97. The van der Waals surface area contributed by atoms with Crippen LogP contribution in [0.4, 0.5) is 0 Å². The van der Waals surface area contributed by atoms with Crippen molar-refractivity contribution in [3.63, 3.8) is 0 Å². The lowest BCUT2D eigenvalue weighted by atomic mass is 10.1. The molecule has 12 heavy (non-hydrogen) atoms. The molecular weight excluding hydrogens is 180 g/mol. The van der Waals surface area contributed by atoms with Crippen LogP contribution in [0.1, 0.15) is 25.7 Å². The molecule has 0 aromatic carbocycles. The maximum Gasteiger partial charge on any atom is 0.255 e. The third-order valence-electron chi connectivity index (χ3n) is 2.33. The van der Waals surface area contributed by atoms with E-state index in [1.165, 1.54) is 0 Å². The van der Waals surface area contributed by atoms with Crippen LogP contribution in [0, 0.1) is 0 Å². The molecule has 1 aliphatic rings. The van der Waals surface area contributed by atoms with E-state index in [9.17, 15) is 13.2 Å². The molecule has 0 aromatic heterocycles. The van der Waals surface area contributed by atoms with Gasteiger partial charge in [0.25, 0.3) is 5.91 Å². The number of thiol groups is 1. The summed E-state index contributed by atoms with van der Waals surface area (Å²) in [5.74, 6) is 4.33. The van der Waals surface area contributed by atoms with Gasteiger partial charge in [0.05, 0.1) is 0 Å². The summed E-state index contributed by atoms with van der Waals surface area (Å²) in [4.78, 5) is 11.2. The lowest BCUT2D eigenvalue weighted by Gasteiger charge is -2.18. The Morgan fingerprint density at radius 1 is 1.33 bits per heavy atom. The number of nitrogens with two attached hydrogens (primary N) is 1. The van der Waals surface area contributed by atoms with E-state index in [4.69, 9.17) is 5.84 Å². The van der Waals surface area contributed by atoms with Gasteiger partial charge in [0.1, 0.15) is 4.75 Å². The number of hydrogen-bond acceptors (Lipinski definition) is 4. The quantitative estimate of drug-likeness (QED) is 0.224. The second-order valence-corrected chi connectivity index (χ2v) is 4.34. The SMILES string of the molecule is NNC(=O)C1([SH](=O)=O)CCCC1. The first-order valence-electron chi connectivity index (χ1n) is 3.79. The summed E-state index contributed by atoms with van der Waals surface area (Å²) in [6.45, 7) is 0. The Labute approximate surface area is 72.2 Å². The number of nitrogens with one attached hydrogen (secondary N) is 1. The Bertz CT molecular complexity index is 248. The van der Waals surface area contributed by atoms with E-state index in [1.807, 2.05) is 5.43 Å². The number of carbonyl (C=O) groups excluding carboxylic acids is 1. The Morgan fingerprint density at radius 3 is 2.17 bits per heavy atom. The predicted octanol–water partition coefficient (Wildman–Crippen LogP) is -1.10. The third kappa shape index (κ3) is 1.32. The summed E-state index contributed by atoms with van der Waals surface area (Å²) in [7, 11) is -2.72. The van der Waals surface area contributed by atoms with Crippen LogP contribution in [-0.4, -0.2) is 19.1 Å². The normalized spacial score (nSPS) is 21.2. The maximum atomic E-state index is 11.2. The topological polar surface area (TPSA) is 89.3 Å². The molecule has 1 saturated carbocycles. The van der Waals surface area contributed by atoms with Crippen LogP contribution in [0.5, 0.6) is 0 Å². The van der Waals surface area contributed by atoms with Crippen molar-refractivity contribution in [3.8, 4) is 0 Å². The molecule has 0 atom stereocenters. The molecule has 3 N–H and O–H groups in total. The molecule has 0 heterocycles. The fourth-order valence-electron chi connectivity index (χ4n) is 1.59. The van der Waals surface area contributed by atoms with Gasteiger partial charge in [-0.3, -0.25) is 10.2 Å². The monoisotopic (exact) mass is 192 g/mol. The third-order valence-corrected chi connectivity index (χ3v) is 3.68. The van der Waals surface area contributed by atoms with Crippen LogP contribution in [-0.2, 0) is 15.5 Å². The van der Waals surface area contributed by atoms with Crippen LogP contribution in [0.15, 0.2) is 0 Å². The maximum absolute atomic E-state index is 11.2. The zero-order valence-electron chi connectivity index (χ0n) is 6.58. The van der Waals surface area contributed by atoms with Crippen LogP contribution < -0.4 is 11.3 Å². The smallest absolute Gasteiger partial charge is 0.255 e. The van der Waals surface area contributed by atoms with Crippen LogP contribution >= 0.6 is 0 Å². The van der Waals surface area contributed by atoms with E-state index >= 15 is 0 Å². The zero-order valence-corrected chi connectivity index (χ0v) is 7.47. The Kier molecular flexibility index (Phi) is 2.69. The number of hydrogen-bond donors (Lipinski definition) is 3. The average Bonchev–Trinajstić information content (AvgIpc) is 2.52. The molecule has 1 aliphatic carbocycles. The minimum absolute atomic E-state index is 0.398. The lowest BCUT2D eigenvalue weighted by Crippen LogP contribution is -2.48. The average molecular weight is 192 g/mol. The van der Waals surface area contributed by atoms with Gasteiger partial charge < -0.3 is 0 Å². The van der Waals surface area contributed by atoms with Crippen LogP contribution in [0.2, 0.25) is 0 Å². The molecule has 0 radical (unpaired) electrons.